The molecule has 0 spiro atoms. The van der Waals surface area contributed by atoms with E-state index in [4.69, 9.17) is 4.74 Å². The van der Waals surface area contributed by atoms with Crippen LogP contribution in [0, 0.1) is 0 Å². The van der Waals surface area contributed by atoms with Crippen molar-refractivity contribution in [2.45, 2.75) is 6.92 Å². The summed E-state index contributed by atoms with van der Waals surface area (Å²) in [6, 6.07) is 9.02. The minimum absolute atomic E-state index is 0.275. The Hall–Kier alpha value is -2.74. The first-order valence-corrected chi connectivity index (χ1v) is 7.93. The Balaban J connectivity index is 1.76. The molecule has 0 unspecified atom stereocenters. The van der Waals surface area contributed by atoms with E-state index in [-0.39, 0.29) is 6.03 Å². The van der Waals surface area contributed by atoms with Crippen molar-refractivity contribution in [3.8, 4) is 0 Å². The molecule has 0 radical (unpaired) electrons. The SMILES string of the molecule is CCN(C(=O)Nc1ccccc1)c1ncnc(N2CCOCC2)n1. The number of ether oxygens (including phenoxy) is 1. The molecule has 1 aliphatic heterocycles. The van der Waals surface area contributed by atoms with Crippen LogP contribution in [0.15, 0.2) is 36.7 Å². The summed E-state index contributed by atoms with van der Waals surface area (Å²) in [4.78, 5) is 28.8. The molecule has 1 saturated heterocycles. The normalized spacial score (nSPS) is 14.3. The van der Waals surface area contributed by atoms with Gasteiger partial charge in [0, 0.05) is 25.3 Å². The summed E-state index contributed by atoms with van der Waals surface area (Å²) in [5, 5.41) is 2.84. The maximum atomic E-state index is 12.5. The molecule has 1 fully saturated rings. The smallest absolute Gasteiger partial charge is 0.328 e. The molecule has 2 heterocycles. The average molecular weight is 328 g/mol. The number of nitrogens with zero attached hydrogens (tertiary/aromatic N) is 5. The number of urea groups is 1. The summed E-state index contributed by atoms with van der Waals surface area (Å²) in [6.07, 6.45) is 1.44. The number of carbonyl (C=O) groups excluding carboxylic acids is 1. The van der Waals surface area contributed by atoms with Gasteiger partial charge in [-0.15, -0.1) is 0 Å². The van der Waals surface area contributed by atoms with Gasteiger partial charge in [-0.05, 0) is 19.1 Å². The van der Waals surface area contributed by atoms with Crippen molar-refractivity contribution in [1.29, 1.82) is 0 Å². The van der Waals surface area contributed by atoms with Gasteiger partial charge in [0.15, 0.2) is 0 Å². The van der Waals surface area contributed by atoms with Gasteiger partial charge in [-0.1, -0.05) is 18.2 Å². The summed E-state index contributed by atoms with van der Waals surface area (Å²) >= 11 is 0. The third-order valence-corrected chi connectivity index (χ3v) is 3.67. The van der Waals surface area contributed by atoms with Crippen molar-refractivity contribution >= 4 is 23.6 Å². The van der Waals surface area contributed by atoms with Gasteiger partial charge in [0.1, 0.15) is 6.33 Å². The van der Waals surface area contributed by atoms with Crippen molar-refractivity contribution < 1.29 is 9.53 Å². The molecule has 0 aliphatic carbocycles. The first-order valence-electron chi connectivity index (χ1n) is 7.93. The van der Waals surface area contributed by atoms with Gasteiger partial charge < -0.3 is 15.0 Å². The molecule has 8 heteroatoms. The van der Waals surface area contributed by atoms with E-state index >= 15 is 0 Å². The van der Waals surface area contributed by atoms with E-state index in [9.17, 15) is 4.79 Å². The maximum absolute atomic E-state index is 12.5. The molecule has 0 saturated carbocycles. The van der Waals surface area contributed by atoms with Gasteiger partial charge in [-0.3, -0.25) is 4.90 Å². The molecular formula is C16H20N6O2. The highest BCUT2D eigenvalue weighted by atomic mass is 16.5. The highest BCUT2D eigenvalue weighted by Crippen LogP contribution is 2.15. The van der Waals surface area contributed by atoms with E-state index < -0.39 is 0 Å². The molecule has 24 heavy (non-hydrogen) atoms. The molecule has 2 aromatic rings. The zero-order valence-electron chi connectivity index (χ0n) is 13.6. The Bertz CT molecular complexity index is 675. The van der Waals surface area contributed by atoms with Gasteiger partial charge in [-0.2, -0.15) is 4.98 Å². The summed E-state index contributed by atoms with van der Waals surface area (Å²) in [6.45, 7) is 5.07. The quantitative estimate of drug-likeness (QED) is 0.921. The second-order valence-electron chi connectivity index (χ2n) is 5.23. The molecule has 0 atom stereocenters. The number of amides is 2. The number of hydrogen-bond donors (Lipinski definition) is 1. The van der Waals surface area contributed by atoms with Crippen LogP contribution in [0.25, 0.3) is 0 Å². The van der Waals surface area contributed by atoms with Crippen molar-refractivity contribution in [1.82, 2.24) is 15.0 Å². The summed E-state index contributed by atoms with van der Waals surface area (Å²) in [7, 11) is 0. The predicted molar refractivity (Wildman–Crippen MR) is 91.3 cm³/mol. The number of nitrogens with one attached hydrogen (secondary N) is 1. The second kappa shape index (κ2) is 7.69. The Morgan fingerprint density at radius 1 is 1.25 bits per heavy atom. The standard InChI is InChI=1S/C16H20N6O2/c1-2-22(16(23)19-13-6-4-3-5-7-13)15-18-12-17-14(20-15)21-8-10-24-11-9-21/h3-7,12H,2,8-11H2,1H3,(H,19,23). The van der Waals surface area contributed by atoms with E-state index in [1.54, 1.807) is 0 Å². The average Bonchev–Trinajstić information content (AvgIpc) is 2.64. The number of benzene rings is 1. The lowest BCUT2D eigenvalue weighted by Gasteiger charge is -2.27. The van der Waals surface area contributed by atoms with Crippen LogP contribution in [0.1, 0.15) is 6.92 Å². The molecule has 0 bridgehead atoms. The zero-order chi connectivity index (χ0) is 16.8. The van der Waals surface area contributed by atoms with Crippen LogP contribution >= 0.6 is 0 Å². The minimum Gasteiger partial charge on any atom is -0.378 e. The van der Waals surface area contributed by atoms with Crippen molar-refractivity contribution in [2.24, 2.45) is 0 Å². The van der Waals surface area contributed by atoms with Crippen LogP contribution in [0.3, 0.4) is 0 Å². The lowest BCUT2D eigenvalue weighted by atomic mass is 10.3. The molecule has 1 N–H and O–H groups in total. The van der Waals surface area contributed by atoms with Crippen LogP contribution in [0.2, 0.25) is 0 Å². The number of anilines is 3. The van der Waals surface area contributed by atoms with Gasteiger partial charge in [0.05, 0.1) is 13.2 Å². The molecule has 1 aromatic carbocycles. The number of morpholine rings is 1. The topological polar surface area (TPSA) is 83.5 Å². The molecule has 2 amide bonds. The molecule has 3 rings (SSSR count). The van der Waals surface area contributed by atoms with Gasteiger partial charge in [0.2, 0.25) is 11.9 Å². The molecule has 126 valence electrons. The van der Waals surface area contributed by atoms with Crippen LogP contribution in [0.5, 0.6) is 0 Å². The first kappa shape index (κ1) is 16.1. The highest BCUT2D eigenvalue weighted by molar-refractivity contribution is 6.00. The van der Waals surface area contributed by atoms with Crippen LogP contribution in [0.4, 0.5) is 22.4 Å². The summed E-state index contributed by atoms with van der Waals surface area (Å²) in [5.41, 5.74) is 0.725. The van der Waals surface area contributed by atoms with Gasteiger partial charge in [0.25, 0.3) is 0 Å². The lowest BCUT2D eigenvalue weighted by Crippen LogP contribution is -2.39. The van der Waals surface area contributed by atoms with Crippen molar-refractivity contribution in [2.75, 3.05) is 48.0 Å². The monoisotopic (exact) mass is 328 g/mol. The van der Waals surface area contributed by atoms with E-state index in [2.05, 4.69) is 20.3 Å². The predicted octanol–water partition coefficient (Wildman–Crippen LogP) is 1.77. The fourth-order valence-corrected chi connectivity index (χ4v) is 2.41. The Morgan fingerprint density at radius 2 is 2.00 bits per heavy atom. The Kier molecular flexibility index (Phi) is 5.17. The number of rotatable bonds is 4. The van der Waals surface area contributed by atoms with E-state index in [1.807, 2.05) is 42.2 Å². The maximum Gasteiger partial charge on any atom is 0.328 e. The van der Waals surface area contributed by atoms with Crippen LogP contribution in [-0.4, -0.2) is 53.8 Å². The molecule has 1 aliphatic rings. The minimum atomic E-state index is -0.275. The lowest BCUT2D eigenvalue weighted by molar-refractivity contribution is 0.122. The fraction of sp³-hybridized carbons (Fsp3) is 0.375. The van der Waals surface area contributed by atoms with Crippen LogP contribution < -0.4 is 15.1 Å². The third kappa shape index (κ3) is 3.77. The number of carbonyl (C=O) groups is 1. The van der Waals surface area contributed by atoms with E-state index in [0.717, 1.165) is 18.8 Å². The van der Waals surface area contributed by atoms with Crippen molar-refractivity contribution in [3.05, 3.63) is 36.7 Å². The fourth-order valence-electron chi connectivity index (χ4n) is 2.41. The Morgan fingerprint density at radius 3 is 2.71 bits per heavy atom. The Labute approximate surface area is 140 Å². The third-order valence-electron chi connectivity index (χ3n) is 3.67. The van der Waals surface area contributed by atoms with Crippen LogP contribution in [-0.2, 0) is 4.74 Å². The van der Waals surface area contributed by atoms with Gasteiger partial charge in [-0.25, -0.2) is 14.8 Å². The van der Waals surface area contributed by atoms with E-state index in [1.165, 1.54) is 11.2 Å². The van der Waals surface area contributed by atoms with E-state index in [0.29, 0.717) is 31.7 Å². The number of hydrogen-bond acceptors (Lipinski definition) is 6. The summed E-state index contributed by atoms with van der Waals surface area (Å²) in [5.74, 6) is 0.900. The molecule has 8 nitrogen and oxygen atoms in total. The summed E-state index contributed by atoms with van der Waals surface area (Å²) < 4.78 is 5.34. The molecular weight excluding hydrogens is 308 g/mol. The number of para-hydroxylation sites is 1. The number of aromatic nitrogens is 3. The largest absolute Gasteiger partial charge is 0.378 e. The first-order chi connectivity index (χ1) is 11.8. The molecule has 1 aromatic heterocycles. The van der Waals surface area contributed by atoms with Crippen molar-refractivity contribution in [3.63, 3.8) is 0 Å². The second-order valence-corrected chi connectivity index (χ2v) is 5.23. The zero-order valence-corrected chi connectivity index (χ0v) is 13.6. The highest BCUT2D eigenvalue weighted by Gasteiger charge is 2.20. The van der Waals surface area contributed by atoms with Gasteiger partial charge >= 0.3 is 6.03 Å².